The molecule has 0 aliphatic rings. The summed E-state index contributed by atoms with van der Waals surface area (Å²) in [5.74, 6) is -0.283. The maximum atomic E-state index is 11.6. The molecule has 0 amide bonds. The van der Waals surface area contributed by atoms with E-state index in [1.807, 2.05) is 26.0 Å². The summed E-state index contributed by atoms with van der Waals surface area (Å²) in [4.78, 5) is 11.6. The molecule has 0 aliphatic carbocycles. The molecule has 1 aromatic carbocycles. The fraction of sp³-hybridized carbons (Fsp3) is 0.533. The van der Waals surface area contributed by atoms with Gasteiger partial charge >= 0.3 is 5.97 Å². The van der Waals surface area contributed by atoms with Crippen LogP contribution in [0.4, 0.5) is 0 Å². The number of esters is 1. The fourth-order valence-electron chi connectivity index (χ4n) is 1.53. The van der Waals surface area contributed by atoms with E-state index in [9.17, 15) is 4.79 Å². The van der Waals surface area contributed by atoms with Gasteiger partial charge in [0.2, 0.25) is 0 Å². The van der Waals surface area contributed by atoms with Gasteiger partial charge < -0.3 is 14.8 Å². The van der Waals surface area contributed by atoms with Gasteiger partial charge in [-0.3, -0.25) is 0 Å². The SMILES string of the molecule is CCNCCOCc1ccc(C(=O)OC(C)C)cc1. The molecule has 0 aromatic heterocycles. The molecule has 0 spiro atoms. The van der Waals surface area contributed by atoms with Crippen LogP contribution in [0.1, 0.15) is 36.7 Å². The smallest absolute Gasteiger partial charge is 0.338 e. The Morgan fingerprint density at radius 1 is 1.26 bits per heavy atom. The summed E-state index contributed by atoms with van der Waals surface area (Å²) in [6, 6.07) is 7.33. The third-order valence-electron chi connectivity index (χ3n) is 2.47. The van der Waals surface area contributed by atoms with Gasteiger partial charge in [0, 0.05) is 6.54 Å². The largest absolute Gasteiger partial charge is 0.459 e. The standard InChI is InChI=1S/C15H23NO3/c1-4-16-9-10-18-11-13-5-7-14(8-6-13)15(17)19-12(2)3/h5-8,12,16H,4,9-11H2,1-3H3. The highest BCUT2D eigenvalue weighted by atomic mass is 16.5. The lowest BCUT2D eigenvalue weighted by atomic mass is 10.1. The molecule has 106 valence electrons. The molecule has 0 radical (unpaired) electrons. The molecule has 0 fully saturated rings. The highest BCUT2D eigenvalue weighted by Crippen LogP contribution is 2.08. The van der Waals surface area contributed by atoms with Gasteiger partial charge in [-0.2, -0.15) is 0 Å². The van der Waals surface area contributed by atoms with Crippen LogP contribution in [-0.2, 0) is 16.1 Å². The summed E-state index contributed by atoms with van der Waals surface area (Å²) in [7, 11) is 0. The van der Waals surface area contributed by atoms with E-state index in [2.05, 4.69) is 12.2 Å². The van der Waals surface area contributed by atoms with E-state index in [4.69, 9.17) is 9.47 Å². The Bertz CT molecular complexity index is 373. The zero-order chi connectivity index (χ0) is 14.1. The van der Waals surface area contributed by atoms with Crippen LogP contribution in [0.5, 0.6) is 0 Å². The van der Waals surface area contributed by atoms with E-state index in [0.717, 1.165) is 18.7 Å². The first-order valence-electron chi connectivity index (χ1n) is 6.72. The number of hydrogen-bond donors (Lipinski definition) is 1. The second-order valence-electron chi connectivity index (χ2n) is 4.56. The second-order valence-corrected chi connectivity index (χ2v) is 4.56. The van der Waals surface area contributed by atoms with E-state index < -0.39 is 0 Å². The molecular formula is C15H23NO3. The molecule has 0 aliphatic heterocycles. The predicted octanol–water partition coefficient (Wildman–Crippen LogP) is 2.38. The Kier molecular flexibility index (Phi) is 7.15. The number of ether oxygens (including phenoxy) is 2. The lowest BCUT2D eigenvalue weighted by Gasteiger charge is -2.08. The van der Waals surface area contributed by atoms with Gasteiger partial charge in [0.25, 0.3) is 0 Å². The first kappa shape index (κ1) is 15.7. The first-order valence-corrected chi connectivity index (χ1v) is 6.72. The van der Waals surface area contributed by atoms with E-state index >= 15 is 0 Å². The number of carbonyl (C=O) groups is 1. The van der Waals surface area contributed by atoms with Crippen LogP contribution in [0.15, 0.2) is 24.3 Å². The molecule has 0 saturated carbocycles. The molecule has 1 rings (SSSR count). The van der Waals surface area contributed by atoms with Gasteiger partial charge in [-0.15, -0.1) is 0 Å². The summed E-state index contributed by atoms with van der Waals surface area (Å²) < 4.78 is 10.6. The molecule has 1 N–H and O–H groups in total. The van der Waals surface area contributed by atoms with Crippen molar-refractivity contribution in [3.8, 4) is 0 Å². The minimum absolute atomic E-state index is 0.0958. The van der Waals surface area contributed by atoms with Crippen LogP contribution in [0, 0.1) is 0 Å². The Balaban J connectivity index is 2.37. The fourth-order valence-corrected chi connectivity index (χ4v) is 1.53. The number of likely N-dealkylation sites (N-methyl/N-ethyl adjacent to an activating group) is 1. The molecule has 4 nitrogen and oxygen atoms in total. The van der Waals surface area contributed by atoms with E-state index in [0.29, 0.717) is 18.8 Å². The van der Waals surface area contributed by atoms with Gasteiger partial charge in [0.15, 0.2) is 0 Å². The Morgan fingerprint density at radius 3 is 2.53 bits per heavy atom. The minimum atomic E-state index is -0.283. The van der Waals surface area contributed by atoms with Gasteiger partial charge in [-0.1, -0.05) is 19.1 Å². The quantitative estimate of drug-likeness (QED) is 0.579. The molecule has 1 aromatic rings. The van der Waals surface area contributed by atoms with E-state index in [1.54, 1.807) is 12.1 Å². The highest BCUT2D eigenvalue weighted by Gasteiger charge is 2.08. The zero-order valence-corrected chi connectivity index (χ0v) is 11.9. The first-order chi connectivity index (χ1) is 9.13. The predicted molar refractivity (Wildman–Crippen MR) is 75.2 cm³/mol. The molecule has 0 atom stereocenters. The van der Waals surface area contributed by atoms with Crippen LogP contribution < -0.4 is 5.32 Å². The molecule has 0 saturated heterocycles. The average Bonchev–Trinajstić information content (AvgIpc) is 2.38. The molecular weight excluding hydrogens is 242 g/mol. The number of nitrogens with one attached hydrogen (secondary N) is 1. The maximum Gasteiger partial charge on any atom is 0.338 e. The van der Waals surface area contributed by atoms with Crippen molar-refractivity contribution >= 4 is 5.97 Å². The second kappa shape index (κ2) is 8.67. The normalized spacial score (nSPS) is 10.7. The zero-order valence-electron chi connectivity index (χ0n) is 11.9. The monoisotopic (exact) mass is 265 g/mol. The van der Waals surface area contributed by atoms with Gasteiger partial charge in [0.05, 0.1) is 24.9 Å². The van der Waals surface area contributed by atoms with Crippen molar-refractivity contribution in [3.63, 3.8) is 0 Å². The van der Waals surface area contributed by atoms with Crippen molar-refractivity contribution in [1.82, 2.24) is 5.32 Å². The summed E-state index contributed by atoms with van der Waals surface area (Å²) >= 11 is 0. The number of carbonyl (C=O) groups excluding carboxylic acids is 1. The van der Waals surface area contributed by atoms with Crippen LogP contribution in [-0.4, -0.2) is 31.8 Å². The Labute approximate surface area is 115 Å². The Morgan fingerprint density at radius 2 is 1.95 bits per heavy atom. The molecule has 4 heteroatoms. The van der Waals surface area contributed by atoms with Crippen LogP contribution >= 0.6 is 0 Å². The number of benzene rings is 1. The van der Waals surface area contributed by atoms with Crippen LogP contribution in [0.3, 0.4) is 0 Å². The third kappa shape index (κ3) is 6.36. The van der Waals surface area contributed by atoms with Crippen molar-refractivity contribution in [2.24, 2.45) is 0 Å². The van der Waals surface area contributed by atoms with Crippen molar-refractivity contribution < 1.29 is 14.3 Å². The van der Waals surface area contributed by atoms with Crippen molar-refractivity contribution in [2.75, 3.05) is 19.7 Å². The summed E-state index contributed by atoms with van der Waals surface area (Å²) in [6.07, 6.45) is -0.0958. The third-order valence-corrected chi connectivity index (χ3v) is 2.47. The van der Waals surface area contributed by atoms with E-state index in [-0.39, 0.29) is 12.1 Å². The minimum Gasteiger partial charge on any atom is -0.459 e. The Hall–Kier alpha value is -1.39. The maximum absolute atomic E-state index is 11.6. The number of rotatable bonds is 8. The van der Waals surface area contributed by atoms with Gasteiger partial charge in [-0.05, 0) is 38.1 Å². The molecule has 0 heterocycles. The van der Waals surface area contributed by atoms with Crippen molar-refractivity contribution in [2.45, 2.75) is 33.5 Å². The average molecular weight is 265 g/mol. The lowest BCUT2D eigenvalue weighted by molar-refractivity contribution is 0.0378. The topological polar surface area (TPSA) is 47.6 Å². The highest BCUT2D eigenvalue weighted by molar-refractivity contribution is 5.89. The number of hydrogen-bond acceptors (Lipinski definition) is 4. The van der Waals surface area contributed by atoms with Gasteiger partial charge in [-0.25, -0.2) is 4.79 Å². The molecule has 0 unspecified atom stereocenters. The van der Waals surface area contributed by atoms with Gasteiger partial charge in [0.1, 0.15) is 0 Å². The molecule has 0 bridgehead atoms. The molecule has 19 heavy (non-hydrogen) atoms. The van der Waals surface area contributed by atoms with E-state index in [1.165, 1.54) is 0 Å². The van der Waals surface area contributed by atoms with Crippen LogP contribution in [0.2, 0.25) is 0 Å². The van der Waals surface area contributed by atoms with Crippen molar-refractivity contribution in [3.05, 3.63) is 35.4 Å². The van der Waals surface area contributed by atoms with Crippen LogP contribution in [0.25, 0.3) is 0 Å². The summed E-state index contributed by atoms with van der Waals surface area (Å²) in [5, 5.41) is 3.19. The summed E-state index contributed by atoms with van der Waals surface area (Å²) in [6.45, 7) is 8.80. The lowest BCUT2D eigenvalue weighted by Crippen LogP contribution is -2.18. The van der Waals surface area contributed by atoms with Crippen molar-refractivity contribution in [1.29, 1.82) is 0 Å². The summed E-state index contributed by atoms with van der Waals surface area (Å²) in [5.41, 5.74) is 1.63.